The summed E-state index contributed by atoms with van der Waals surface area (Å²) < 4.78 is 2.09. The molecule has 0 saturated heterocycles. The standard InChI is InChI=1S/C28H24Br2N2O/c1-18-5-9-21(10-6-18)28(33)32-27(20-11-15-24(30)16-12-20)25-4-2-3-22(26(25)31-32)17-19-7-13-23(29)14-8-19/h5-17,25,27H,2-4H2,1H3/b22-17+. The van der Waals surface area contributed by atoms with Crippen molar-refractivity contribution < 1.29 is 4.79 Å². The van der Waals surface area contributed by atoms with Gasteiger partial charge in [0.25, 0.3) is 5.91 Å². The molecular formula is C28H24Br2N2O. The van der Waals surface area contributed by atoms with Crippen molar-refractivity contribution in [3.8, 4) is 0 Å². The van der Waals surface area contributed by atoms with Crippen LogP contribution in [0.5, 0.6) is 0 Å². The minimum absolute atomic E-state index is 0.0483. The summed E-state index contributed by atoms with van der Waals surface area (Å²) in [5.74, 6) is 0.142. The maximum atomic E-state index is 13.6. The first-order chi connectivity index (χ1) is 16.0. The zero-order chi connectivity index (χ0) is 22.9. The molecule has 2 aliphatic rings. The number of hydrogen-bond acceptors (Lipinski definition) is 2. The van der Waals surface area contributed by atoms with Crippen LogP contribution >= 0.6 is 31.9 Å². The van der Waals surface area contributed by atoms with E-state index in [0.29, 0.717) is 5.56 Å². The Hall–Kier alpha value is -2.50. The number of nitrogens with zero attached hydrogens (tertiary/aromatic N) is 2. The smallest absolute Gasteiger partial charge is 0.267 e. The molecule has 1 fully saturated rings. The summed E-state index contributed by atoms with van der Waals surface area (Å²) in [6.07, 6.45) is 5.32. The van der Waals surface area contributed by atoms with Crippen molar-refractivity contribution in [1.29, 1.82) is 0 Å². The number of amides is 1. The Bertz CT molecular complexity index is 1230. The molecule has 0 spiro atoms. The maximum absolute atomic E-state index is 13.6. The second-order valence-electron chi connectivity index (χ2n) is 8.72. The van der Waals surface area contributed by atoms with E-state index in [-0.39, 0.29) is 17.9 Å². The minimum Gasteiger partial charge on any atom is -0.267 e. The lowest BCUT2D eigenvalue weighted by molar-refractivity contribution is 0.0681. The first kappa shape index (κ1) is 22.3. The van der Waals surface area contributed by atoms with Gasteiger partial charge in [-0.2, -0.15) is 5.10 Å². The van der Waals surface area contributed by atoms with Gasteiger partial charge < -0.3 is 0 Å². The summed E-state index contributed by atoms with van der Waals surface area (Å²) in [6.45, 7) is 2.03. The fourth-order valence-corrected chi connectivity index (χ4v) is 5.28. The monoisotopic (exact) mass is 562 g/mol. The van der Waals surface area contributed by atoms with E-state index in [0.717, 1.165) is 50.6 Å². The van der Waals surface area contributed by atoms with Crippen LogP contribution in [-0.2, 0) is 0 Å². The first-order valence-corrected chi connectivity index (χ1v) is 12.8. The highest BCUT2D eigenvalue weighted by atomic mass is 79.9. The number of hydrazone groups is 1. The van der Waals surface area contributed by atoms with E-state index in [1.165, 1.54) is 5.57 Å². The molecule has 2 atom stereocenters. The van der Waals surface area contributed by atoms with Crippen molar-refractivity contribution in [1.82, 2.24) is 5.01 Å². The molecule has 0 radical (unpaired) electrons. The number of rotatable bonds is 3. The Morgan fingerprint density at radius 1 is 0.939 bits per heavy atom. The zero-order valence-electron chi connectivity index (χ0n) is 18.3. The molecule has 0 aromatic heterocycles. The van der Waals surface area contributed by atoms with Crippen LogP contribution < -0.4 is 0 Å². The molecule has 5 rings (SSSR count). The molecule has 3 aromatic carbocycles. The van der Waals surface area contributed by atoms with Gasteiger partial charge in [0.2, 0.25) is 0 Å². The number of carbonyl (C=O) groups excluding carboxylic acids is 1. The molecule has 1 heterocycles. The molecule has 1 aliphatic carbocycles. The van der Waals surface area contributed by atoms with Crippen molar-refractivity contribution in [2.45, 2.75) is 32.2 Å². The van der Waals surface area contributed by atoms with Crippen LogP contribution in [0.25, 0.3) is 6.08 Å². The summed E-state index contributed by atoms with van der Waals surface area (Å²) >= 11 is 7.05. The third-order valence-corrected chi connectivity index (χ3v) is 7.49. The maximum Gasteiger partial charge on any atom is 0.274 e. The van der Waals surface area contributed by atoms with Crippen LogP contribution in [0.4, 0.5) is 0 Å². The number of carbonyl (C=O) groups is 1. The molecule has 1 saturated carbocycles. The van der Waals surface area contributed by atoms with Crippen molar-refractivity contribution in [2.24, 2.45) is 11.0 Å². The molecule has 1 aliphatic heterocycles. The van der Waals surface area contributed by atoms with E-state index in [1.807, 2.05) is 43.3 Å². The van der Waals surface area contributed by atoms with Gasteiger partial charge in [-0.15, -0.1) is 0 Å². The second kappa shape index (κ2) is 9.40. The van der Waals surface area contributed by atoms with E-state index >= 15 is 0 Å². The number of fused-ring (bicyclic) bond motifs is 1. The lowest BCUT2D eigenvalue weighted by Crippen LogP contribution is -2.31. The van der Waals surface area contributed by atoms with Gasteiger partial charge in [-0.25, -0.2) is 5.01 Å². The lowest BCUT2D eigenvalue weighted by Gasteiger charge is -2.29. The summed E-state index contributed by atoms with van der Waals surface area (Å²) in [5, 5.41) is 6.73. The Morgan fingerprint density at radius 2 is 1.58 bits per heavy atom. The fraction of sp³-hybridized carbons (Fsp3) is 0.214. The molecule has 33 heavy (non-hydrogen) atoms. The lowest BCUT2D eigenvalue weighted by atomic mass is 9.77. The van der Waals surface area contributed by atoms with Crippen LogP contribution in [0, 0.1) is 12.8 Å². The predicted octanol–water partition coefficient (Wildman–Crippen LogP) is 7.96. The van der Waals surface area contributed by atoms with Gasteiger partial charge in [-0.3, -0.25) is 4.79 Å². The van der Waals surface area contributed by atoms with Crippen molar-refractivity contribution >= 4 is 49.6 Å². The van der Waals surface area contributed by atoms with Gasteiger partial charge in [0.1, 0.15) is 0 Å². The number of halogens is 2. The normalized spacial score (nSPS) is 21.1. The molecule has 3 aromatic rings. The van der Waals surface area contributed by atoms with E-state index in [1.54, 1.807) is 5.01 Å². The van der Waals surface area contributed by atoms with Crippen LogP contribution in [-0.4, -0.2) is 16.6 Å². The molecule has 2 unspecified atom stereocenters. The number of hydrogen-bond donors (Lipinski definition) is 0. The topological polar surface area (TPSA) is 32.7 Å². The number of allylic oxidation sites excluding steroid dienone is 1. The molecule has 3 nitrogen and oxygen atoms in total. The summed E-state index contributed by atoms with van der Waals surface area (Å²) in [7, 11) is 0. The highest BCUT2D eigenvalue weighted by Gasteiger charge is 2.43. The molecule has 5 heteroatoms. The summed E-state index contributed by atoms with van der Waals surface area (Å²) in [6, 6.07) is 24.3. The van der Waals surface area contributed by atoms with E-state index in [9.17, 15) is 4.79 Å². The average Bonchev–Trinajstić information content (AvgIpc) is 3.22. The molecule has 0 N–H and O–H groups in total. The van der Waals surface area contributed by atoms with Crippen LogP contribution in [0.3, 0.4) is 0 Å². The van der Waals surface area contributed by atoms with Gasteiger partial charge in [-0.1, -0.05) is 73.8 Å². The summed E-state index contributed by atoms with van der Waals surface area (Å²) in [5.41, 5.74) is 6.36. The predicted molar refractivity (Wildman–Crippen MR) is 141 cm³/mol. The highest BCUT2D eigenvalue weighted by Crippen LogP contribution is 2.45. The van der Waals surface area contributed by atoms with Gasteiger partial charge in [-0.05, 0) is 85.4 Å². The molecule has 166 valence electrons. The second-order valence-corrected chi connectivity index (χ2v) is 10.5. The first-order valence-electron chi connectivity index (χ1n) is 11.2. The SMILES string of the molecule is Cc1ccc(C(=O)N2N=C3/C(=C/c4ccc(Br)cc4)CCCC3C2c2ccc(Br)cc2)cc1. The van der Waals surface area contributed by atoms with Crippen LogP contribution in [0.1, 0.15) is 52.4 Å². The van der Waals surface area contributed by atoms with Gasteiger partial charge in [0.05, 0.1) is 11.8 Å². The number of benzene rings is 3. The molecule has 1 amide bonds. The average molecular weight is 564 g/mol. The summed E-state index contributed by atoms with van der Waals surface area (Å²) in [4.78, 5) is 13.6. The zero-order valence-corrected chi connectivity index (χ0v) is 21.5. The van der Waals surface area contributed by atoms with Gasteiger partial charge >= 0.3 is 0 Å². The van der Waals surface area contributed by atoms with Crippen molar-refractivity contribution in [2.75, 3.05) is 0 Å². The van der Waals surface area contributed by atoms with E-state index < -0.39 is 0 Å². The Kier molecular flexibility index (Phi) is 6.35. The fourth-order valence-electron chi connectivity index (χ4n) is 4.75. The Labute approximate surface area is 211 Å². The van der Waals surface area contributed by atoms with Crippen LogP contribution in [0.15, 0.2) is 92.4 Å². The third-order valence-electron chi connectivity index (χ3n) is 6.43. The Morgan fingerprint density at radius 3 is 2.24 bits per heavy atom. The minimum atomic E-state index is -0.101. The van der Waals surface area contributed by atoms with Crippen LogP contribution in [0.2, 0.25) is 0 Å². The van der Waals surface area contributed by atoms with Crippen molar-refractivity contribution in [3.05, 3.63) is 110 Å². The molecular weight excluding hydrogens is 540 g/mol. The van der Waals surface area contributed by atoms with Gasteiger partial charge in [0.15, 0.2) is 0 Å². The Balaban J connectivity index is 1.57. The quantitative estimate of drug-likeness (QED) is 0.318. The van der Waals surface area contributed by atoms with E-state index in [2.05, 4.69) is 74.3 Å². The third kappa shape index (κ3) is 4.62. The molecule has 0 bridgehead atoms. The largest absolute Gasteiger partial charge is 0.274 e. The van der Waals surface area contributed by atoms with Crippen molar-refractivity contribution in [3.63, 3.8) is 0 Å². The highest BCUT2D eigenvalue weighted by molar-refractivity contribution is 9.10. The van der Waals surface area contributed by atoms with Gasteiger partial charge in [0, 0.05) is 20.4 Å². The van der Waals surface area contributed by atoms with E-state index in [4.69, 9.17) is 5.10 Å². The number of aryl methyl sites for hydroxylation is 1.